The van der Waals surface area contributed by atoms with Crippen molar-refractivity contribution >= 4 is 5.91 Å². The lowest BCUT2D eigenvalue weighted by atomic mass is 10.1. The molecule has 0 bridgehead atoms. The number of hydrogen-bond donors (Lipinski definition) is 2. The molecule has 0 spiro atoms. The lowest BCUT2D eigenvalue weighted by molar-refractivity contribution is -0.121. The molecule has 0 aliphatic heterocycles. The summed E-state index contributed by atoms with van der Waals surface area (Å²) in [4.78, 5) is 11.5. The Morgan fingerprint density at radius 3 is 1.73 bits per heavy atom. The Morgan fingerprint density at radius 2 is 1.18 bits per heavy atom. The fraction of sp³-hybridized carbons (Fsp3) is 0.947. The topological polar surface area (TPSA) is 41.1 Å². The highest BCUT2D eigenvalue weighted by Crippen LogP contribution is 2.10. The maximum absolute atomic E-state index is 11.5. The Labute approximate surface area is 139 Å². The maximum Gasteiger partial charge on any atom is 0.221 e. The molecule has 3 nitrogen and oxygen atoms in total. The number of nitrogens with one attached hydrogen (secondary N) is 2. The van der Waals surface area contributed by atoms with Gasteiger partial charge in [0.1, 0.15) is 0 Å². The van der Waals surface area contributed by atoms with E-state index in [1.807, 2.05) is 0 Å². The predicted octanol–water partition coefficient (Wildman–Crippen LogP) is 4.80. The molecule has 132 valence electrons. The van der Waals surface area contributed by atoms with Crippen molar-refractivity contribution in [1.82, 2.24) is 10.6 Å². The van der Waals surface area contributed by atoms with Gasteiger partial charge in [0, 0.05) is 19.5 Å². The summed E-state index contributed by atoms with van der Waals surface area (Å²) in [6, 6.07) is 0. The van der Waals surface area contributed by atoms with E-state index in [0.717, 1.165) is 32.5 Å². The monoisotopic (exact) mass is 312 g/mol. The van der Waals surface area contributed by atoms with E-state index in [1.54, 1.807) is 0 Å². The van der Waals surface area contributed by atoms with E-state index in [-0.39, 0.29) is 5.91 Å². The minimum atomic E-state index is 0.190. The fourth-order valence-corrected chi connectivity index (χ4v) is 2.61. The first-order valence-electron chi connectivity index (χ1n) is 9.78. The van der Waals surface area contributed by atoms with Gasteiger partial charge in [0.15, 0.2) is 0 Å². The molecule has 0 unspecified atom stereocenters. The first kappa shape index (κ1) is 21.4. The zero-order valence-corrected chi connectivity index (χ0v) is 15.2. The maximum atomic E-state index is 11.5. The van der Waals surface area contributed by atoms with E-state index in [9.17, 15) is 4.79 Å². The molecule has 0 heterocycles. The van der Waals surface area contributed by atoms with Crippen LogP contribution in [0.15, 0.2) is 0 Å². The number of hydrogen-bond acceptors (Lipinski definition) is 2. The van der Waals surface area contributed by atoms with Gasteiger partial charge in [-0.15, -0.1) is 0 Å². The minimum Gasteiger partial charge on any atom is -0.356 e. The van der Waals surface area contributed by atoms with Crippen LogP contribution in [-0.2, 0) is 4.79 Å². The average Bonchev–Trinajstić information content (AvgIpc) is 2.52. The van der Waals surface area contributed by atoms with Gasteiger partial charge < -0.3 is 10.6 Å². The van der Waals surface area contributed by atoms with Gasteiger partial charge in [-0.3, -0.25) is 4.79 Å². The largest absolute Gasteiger partial charge is 0.356 e. The Hall–Kier alpha value is -0.570. The van der Waals surface area contributed by atoms with E-state index in [4.69, 9.17) is 0 Å². The van der Waals surface area contributed by atoms with E-state index in [1.165, 1.54) is 64.2 Å². The molecule has 0 aromatic rings. The quantitative estimate of drug-likeness (QED) is 0.379. The first-order chi connectivity index (χ1) is 10.8. The average molecular weight is 313 g/mol. The van der Waals surface area contributed by atoms with E-state index >= 15 is 0 Å². The van der Waals surface area contributed by atoms with Gasteiger partial charge in [0.25, 0.3) is 0 Å². The van der Waals surface area contributed by atoms with Gasteiger partial charge in [-0.25, -0.2) is 0 Å². The van der Waals surface area contributed by atoms with Gasteiger partial charge in [0.05, 0.1) is 0 Å². The molecule has 0 rings (SSSR count). The van der Waals surface area contributed by atoms with E-state index < -0.39 is 0 Å². The third-order valence-corrected chi connectivity index (χ3v) is 4.06. The highest BCUT2D eigenvalue weighted by atomic mass is 16.1. The number of carbonyl (C=O) groups is 1. The summed E-state index contributed by atoms with van der Waals surface area (Å²) in [6.07, 6.45) is 16.6. The van der Waals surface area contributed by atoms with Crippen LogP contribution in [0.2, 0.25) is 0 Å². The normalized spacial score (nSPS) is 10.8. The van der Waals surface area contributed by atoms with Crippen LogP contribution < -0.4 is 10.6 Å². The number of rotatable bonds is 17. The summed E-state index contributed by atoms with van der Waals surface area (Å²) in [5, 5.41) is 6.26. The molecule has 1 amide bonds. The molecule has 3 heteroatoms. The third-order valence-electron chi connectivity index (χ3n) is 4.06. The van der Waals surface area contributed by atoms with Crippen LogP contribution in [0.25, 0.3) is 0 Å². The molecule has 0 radical (unpaired) electrons. The zero-order valence-electron chi connectivity index (χ0n) is 15.2. The molecule has 2 N–H and O–H groups in total. The second kappa shape index (κ2) is 18.5. The van der Waals surface area contributed by atoms with Gasteiger partial charge in [0.2, 0.25) is 5.91 Å². The van der Waals surface area contributed by atoms with Crippen molar-refractivity contribution in [3.63, 3.8) is 0 Å². The molecule has 0 fully saturated rings. The van der Waals surface area contributed by atoms with Crippen molar-refractivity contribution in [2.75, 3.05) is 19.6 Å². The SMILES string of the molecule is CCCCCCCCCCCCCNC(=O)CCNCCC. The van der Waals surface area contributed by atoms with Gasteiger partial charge >= 0.3 is 0 Å². The van der Waals surface area contributed by atoms with E-state index in [0.29, 0.717) is 6.42 Å². The van der Waals surface area contributed by atoms with Crippen LogP contribution in [0, 0.1) is 0 Å². The number of amides is 1. The third kappa shape index (κ3) is 17.5. The Morgan fingerprint density at radius 1 is 0.636 bits per heavy atom. The van der Waals surface area contributed by atoms with Crippen LogP contribution in [0.1, 0.15) is 97.3 Å². The minimum absolute atomic E-state index is 0.190. The summed E-state index contributed by atoms with van der Waals surface area (Å²) in [5.41, 5.74) is 0. The molecule has 22 heavy (non-hydrogen) atoms. The smallest absolute Gasteiger partial charge is 0.221 e. The molecule has 0 atom stereocenters. The van der Waals surface area contributed by atoms with Crippen molar-refractivity contribution in [1.29, 1.82) is 0 Å². The molecule has 0 aliphatic carbocycles. The van der Waals surface area contributed by atoms with E-state index in [2.05, 4.69) is 24.5 Å². The van der Waals surface area contributed by atoms with Crippen molar-refractivity contribution in [2.45, 2.75) is 97.3 Å². The van der Waals surface area contributed by atoms with Gasteiger partial charge in [-0.2, -0.15) is 0 Å². The zero-order chi connectivity index (χ0) is 16.3. The molecular weight excluding hydrogens is 272 g/mol. The number of carbonyl (C=O) groups excluding carboxylic acids is 1. The summed E-state index contributed by atoms with van der Waals surface area (Å²) < 4.78 is 0. The van der Waals surface area contributed by atoms with Crippen LogP contribution in [0.5, 0.6) is 0 Å². The van der Waals surface area contributed by atoms with Gasteiger partial charge in [-0.1, -0.05) is 78.1 Å². The van der Waals surface area contributed by atoms with Crippen LogP contribution >= 0.6 is 0 Å². The first-order valence-corrected chi connectivity index (χ1v) is 9.78. The second-order valence-electron chi connectivity index (χ2n) is 6.39. The molecule has 0 aromatic carbocycles. The Bertz CT molecular complexity index is 231. The predicted molar refractivity (Wildman–Crippen MR) is 97.2 cm³/mol. The van der Waals surface area contributed by atoms with Crippen LogP contribution in [-0.4, -0.2) is 25.5 Å². The standard InChI is InChI=1S/C19H40N2O/c1-3-5-6-7-8-9-10-11-12-13-14-17-21-19(22)15-18-20-16-4-2/h20H,3-18H2,1-2H3,(H,21,22). The molecule has 0 aromatic heterocycles. The van der Waals surface area contributed by atoms with Gasteiger partial charge in [-0.05, 0) is 19.4 Å². The highest BCUT2D eigenvalue weighted by Gasteiger charge is 1.99. The van der Waals surface area contributed by atoms with Crippen molar-refractivity contribution < 1.29 is 4.79 Å². The lowest BCUT2D eigenvalue weighted by Gasteiger charge is -2.06. The molecule has 0 aliphatic rings. The lowest BCUT2D eigenvalue weighted by Crippen LogP contribution is -2.28. The van der Waals surface area contributed by atoms with Crippen molar-refractivity contribution in [2.24, 2.45) is 0 Å². The second-order valence-corrected chi connectivity index (χ2v) is 6.39. The Balaban J connectivity index is 3.08. The molecule has 0 saturated heterocycles. The van der Waals surface area contributed by atoms with Crippen molar-refractivity contribution in [3.05, 3.63) is 0 Å². The molecular formula is C19H40N2O. The van der Waals surface area contributed by atoms with Crippen LogP contribution in [0.3, 0.4) is 0 Å². The Kier molecular flexibility index (Phi) is 18.0. The highest BCUT2D eigenvalue weighted by molar-refractivity contribution is 5.75. The molecule has 0 saturated carbocycles. The summed E-state index contributed by atoms with van der Waals surface area (Å²) >= 11 is 0. The summed E-state index contributed by atoms with van der Waals surface area (Å²) in [5.74, 6) is 0.190. The number of unbranched alkanes of at least 4 members (excludes halogenated alkanes) is 10. The summed E-state index contributed by atoms with van der Waals surface area (Å²) in [6.45, 7) is 7.07. The fourth-order valence-electron chi connectivity index (χ4n) is 2.61. The van der Waals surface area contributed by atoms with Crippen LogP contribution in [0.4, 0.5) is 0 Å². The van der Waals surface area contributed by atoms with Crippen molar-refractivity contribution in [3.8, 4) is 0 Å². The summed E-state index contributed by atoms with van der Waals surface area (Å²) in [7, 11) is 0.